The summed E-state index contributed by atoms with van der Waals surface area (Å²) < 4.78 is 34.6. The fourth-order valence-corrected chi connectivity index (χ4v) is 1.72. The highest BCUT2D eigenvalue weighted by molar-refractivity contribution is 5.41. The van der Waals surface area contributed by atoms with Gasteiger partial charge in [-0.25, -0.2) is 14.4 Å². The highest BCUT2D eigenvalue weighted by Crippen LogP contribution is 2.28. The Labute approximate surface area is 113 Å². The first kappa shape index (κ1) is 12.3. The molecule has 6 heteroatoms. The highest BCUT2D eigenvalue weighted by atomic mass is 19.2. The van der Waals surface area contributed by atoms with E-state index < -0.39 is 11.6 Å². The Hall–Kier alpha value is -2.76. The second-order valence-corrected chi connectivity index (χ2v) is 3.95. The maximum Gasteiger partial charge on any atom is 0.219 e. The van der Waals surface area contributed by atoms with Gasteiger partial charge in [0.25, 0.3) is 0 Å². The number of rotatable bonds is 3. The maximum absolute atomic E-state index is 14.0. The summed E-state index contributed by atoms with van der Waals surface area (Å²) in [4.78, 5) is 7.68. The van der Waals surface area contributed by atoms with Crippen LogP contribution < -0.4 is 4.74 Å². The number of hydrogen-bond donors (Lipinski definition) is 0. The first-order valence-corrected chi connectivity index (χ1v) is 5.81. The van der Waals surface area contributed by atoms with Crippen LogP contribution in [0.1, 0.15) is 0 Å². The Morgan fingerprint density at radius 2 is 1.90 bits per heavy atom. The van der Waals surface area contributed by atoms with Gasteiger partial charge in [-0.1, -0.05) is 6.07 Å². The largest absolute Gasteiger partial charge is 0.436 e. The zero-order valence-corrected chi connectivity index (χ0v) is 10.2. The second-order valence-electron chi connectivity index (χ2n) is 3.95. The molecule has 0 atom stereocenters. The molecule has 0 N–H and O–H groups in total. The van der Waals surface area contributed by atoms with Crippen LogP contribution in [0, 0.1) is 11.6 Å². The lowest BCUT2D eigenvalue weighted by Gasteiger charge is -2.09. The van der Waals surface area contributed by atoms with Crippen molar-refractivity contribution in [2.24, 2.45) is 0 Å². The van der Waals surface area contributed by atoms with Gasteiger partial charge in [-0.15, -0.1) is 0 Å². The first-order chi connectivity index (χ1) is 9.75. The highest BCUT2D eigenvalue weighted by Gasteiger charge is 2.16. The van der Waals surface area contributed by atoms with Crippen LogP contribution in [0.25, 0.3) is 5.69 Å². The summed E-state index contributed by atoms with van der Waals surface area (Å²) in [5.74, 6) is -2.09. The minimum absolute atomic E-state index is 0.0633. The van der Waals surface area contributed by atoms with Crippen molar-refractivity contribution in [1.82, 2.24) is 14.5 Å². The number of imidazole rings is 1. The average Bonchev–Trinajstić information content (AvgIpc) is 2.99. The van der Waals surface area contributed by atoms with Gasteiger partial charge in [0.15, 0.2) is 11.6 Å². The molecule has 4 nitrogen and oxygen atoms in total. The van der Waals surface area contributed by atoms with Crippen molar-refractivity contribution in [1.29, 1.82) is 0 Å². The van der Waals surface area contributed by atoms with Crippen molar-refractivity contribution in [3.8, 4) is 17.3 Å². The molecule has 0 saturated carbocycles. The number of nitrogens with zero attached hydrogens (tertiary/aromatic N) is 3. The van der Waals surface area contributed by atoms with Crippen molar-refractivity contribution < 1.29 is 13.5 Å². The topological polar surface area (TPSA) is 39.9 Å². The standard InChI is InChI=1S/C14H9F2N3O/c15-13-10(19-8-7-17-9-19)4-5-11(14(13)16)20-12-3-1-2-6-18-12/h1-9H. The van der Waals surface area contributed by atoms with E-state index in [4.69, 9.17) is 4.74 Å². The number of halogens is 2. The molecule has 1 aromatic carbocycles. The summed E-state index contributed by atoms with van der Waals surface area (Å²) in [7, 11) is 0. The number of pyridine rings is 1. The second kappa shape index (κ2) is 5.08. The fourth-order valence-electron chi connectivity index (χ4n) is 1.72. The lowest BCUT2D eigenvalue weighted by Crippen LogP contribution is -2.00. The molecule has 0 unspecified atom stereocenters. The quantitative estimate of drug-likeness (QED) is 0.734. The Morgan fingerprint density at radius 3 is 2.60 bits per heavy atom. The third-order valence-electron chi connectivity index (χ3n) is 2.66. The minimum atomic E-state index is -1.07. The summed E-state index contributed by atoms with van der Waals surface area (Å²) in [5, 5.41) is 0. The monoisotopic (exact) mass is 273 g/mol. The van der Waals surface area contributed by atoms with Crippen LogP contribution in [0.15, 0.2) is 55.2 Å². The number of ether oxygens (including phenoxy) is 1. The molecule has 0 aliphatic carbocycles. The molecule has 0 bridgehead atoms. The summed E-state index contributed by atoms with van der Waals surface area (Å²) in [6.07, 6.45) is 5.90. The van der Waals surface area contributed by atoms with E-state index in [0.29, 0.717) is 0 Å². The van der Waals surface area contributed by atoms with Gasteiger partial charge in [-0.3, -0.25) is 0 Å². The van der Waals surface area contributed by atoms with Gasteiger partial charge in [0, 0.05) is 24.7 Å². The van der Waals surface area contributed by atoms with Gasteiger partial charge < -0.3 is 9.30 Å². The van der Waals surface area contributed by atoms with E-state index in [-0.39, 0.29) is 17.3 Å². The Morgan fingerprint density at radius 1 is 1.00 bits per heavy atom. The van der Waals surface area contributed by atoms with Crippen LogP contribution in [0.5, 0.6) is 11.6 Å². The van der Waals surface area contributed by atoms with Crippen LogP contribution in [0.3, 0.4) is 0 Å². The molecule has 2 heterocycles. The van der Waals surface area contributed by atoms with Gasteiger partial charge in [0.1, 0.15) is 0 Å². The third-order valence-corrected chi connectivity index (χ3v) is 2.66. The molecule has 0 amide bonds. The molecular weight excluding hydrogens is 264 g/mol. The lowest BCUT2D eigenvalue weighted by atomic mass is 10.2. The zero-order chi connectivity index (χ0) is 13.9. The molecule has 0 radical (unpaired) electrons. The Balaban J connectivity index is 1.97. The molecule has 20 heavy (non-hydrogen) atoms. The van der Waals surface area contributed by atoms with Gasteiger partial charge in [0.05, 0.1) is 12.0 Å². The van der Waals surface area contributed by atoms with Crippen molar-refractivity contribution in [3.05, 3.63) is 66.9 Å². The molecule has 3 aromatic rings. The summed E-state index contributed by atoms with van der Waals surface area (Å²) in [6, 6.07) is 7.71. The summed E-state index contributed by atoms with van der Waals surface area (Å²) in [5.41, 5.74) is 0.0633. The van der Waals surface area contributed by atoms with Gasteiger partial charge in [-0.2, -0.15) is 4.39 Å². The van der Waals surface area contributed by atoms with Crippen molar-refractivity contribution in [3.63, 3.8) is 0 Å². The molecule has 0 aliphatic heterocycles. The van der Waals surface area contributed by atoms with Crippen LogP contribution in [0.2, 0.25) is 0 Å². The van der Waals surface area contributed by atoms with E-state index in [9.17, 15) is 8.78 Å². The molecule has 0 spiro atoms. The van der Waals surface area contributed by atoms with E-state index in [2.05, 4.69) is 9.97 Å². The van der Waals surface area contributed by atoms with E-state index in [1.54, 1.807) is 18.2 Å². The predicted molar refractivity (Wildman–Crippen MR) is 67.8 cm³/mol. The summed E-state index contributed by atoms with van der Waals surface area (Å²) in [6.45, 7) is 0. The molecule has 3 rings (SSSR count). The van der Waals surface area contributed by atoms with Crippen molar-refractivity contribution >= 4 is 0 Å². The minimum Gasteiger partial charge on any atom is -0.436 e. The number of hydrogen-bond acceptors (Lipinski definition) is 3. The van der Waals surface area contributed by atoms with E-state index in [0.717, 1.165) is 0 Å². The lowest BCUT2D eigenvalue weighted by molar-refractivity contribution is 0.404. The van der Waals surface area contributed by atoms with Crippen LogP contribution in [-0.2, 0) is 0 Å². The van der Waals surface area contributed by atoms with Gasteiger partial charge in [0.2, 0.25) is 11.7 Å². The average molecular weight is 273 g/mol. The van der Waals surface area contributed by atoms with E-state index in [1.165, 1.54) is 41.6 Å². The van der Waals surface area contributed by atoms with Gasteiger partial charge >= 0.3 is 0 Å². The smallest absolute Gasteiger partial charge is 0.219 e. The van der Waals surface area contributed by atoms with Crippen molar-refractivity contribution in [2.45, 2.75) is 0 Å². The Bertz CT molecular complexity index is 715. The van der Waals surface area contributed by atoms with E-state index in [1.807, 2.05) is 0 Å². The SMILES string of the molecule is Fc1c(Oc2ccccn2)ccc(-n2ccnc2)c1F. The van der Waals surface area contributed by atoms with Gasteiger partial charge in [-0.05, 0) is 18.2 Å². The van der Waals surface area contributed by atoms with Crippen LogP contribution in [-0.4, -0.2) is 14.5 Å². The molecule has 0 aliphatic rings. The number of aromatic nitrogens is 3. The van der Waals surface area contributed by atoms with Crippen molar-refractivity contribution in [2.75, 3.05) is 0 Å². The third kappa shape index (κ3) is 2.23. The normalized spacial score (nSPS) is 10.5. The predicted octanol–water partition coefficient (Wildman–Crippen LogP) is 3.34. The van der Waals surface area contributed by atoms with E-state index >= 15 is 0 Å². The van der Waals surface area contributed by atoms with Crippen LogP contribution >= 0.6 is 0 Å². The van der Waals surface area contributed by atoms with Crippen LogP contribution in [0.4, 0.5) is 8.78 Å². The Kier molecular flexibility index (Phi) is 3.12. The zero-order valence-electron chi connectivity index (χ0n) is 10.2. The maximum atomic E-state index is 14.0. The molecule has 0 fully saturated rings. The number of benzene rings is 1. The molecule has 100 valence electrons. The molecular formula is C14H9F2N3O. The molecule has 2 aromatic heterocycles. The fraction of sp³-hybridized carbons (Fsp3) is 0. The molecule has 0 saturated heterocycles. The summed E-state index contributed by atoms with van der Waals surface area (Å²) >= 11 is 0. The first-order valence-electron chi connectivity index (χ1n) is 5.81.